The van der Waals surface area contributed by atoms with Gasteiger partial charge in [0.15, 0.2) is 10.4 Å². The van der Waals surface area contributed by atoms with Crippen LogP contribution in [-0.4, -0.2) is 21.6 Å². The molecule has 0 aliphatic carbocycles. The van der Waals surface area contributed by atoms with Crippen molar-refractivity contribution in [3.63, 3.8) is 0 Å². The van der Waals surface area contributed by atoms with Crippen molar-refractivity contribution in [3.8, 4) is 11.6 Å². The highest BCUT2D eigenvalue weighted by Gasteiger charge is 2.15. The van der Waals surface area contributed by atoms with Gasteiger partial charge in [-0.3, -0.25) is 4.57 Å². The van der Waals surface area contributed by atoms with Gasteiger partial charge in [0.05, 0.1) is 28.4 Å². The second-order valence-electron chi connectivity index (χ2n) is 4.18. The van der Waals surface area contributed by atoms with Crippen LogP contribution in [-0.2, 0) is 0 Å². The summed E-state index contributed by atoms with van der Waals surface area (Å²) in [5.74, 6) is 0.490. The largest absolute Gasteiger partial charge is 0.481 e. The minimum absolute atomic E-state index is 0.396. The molecular formula is C13H8BrCl2N3OS. The highest BCUT2D eigenvalue weighted by Crippen LogP contribution is 2.36. The summed E-state index contributed by atoms with van der Waals surface area (Å²) in [5, 5.41) is 0.820. The second-order valence-corrected chi connectivity index (χ2v) is 6.18. The number of hydrogen-bond donors (Lipinski definition) is 1. The first-order chi connectivity index (χ1) is 10.0. The van der Waals surface area contributed by atoms with E-state index in [0.29, 0.717) is 32.0 Å². The molecule has 1 aromatic carbocycles. The van der Waals surface area contributed by atoms with Gasteiger partial charge in [-0.25, -0.2) is 0 Å². The average Bonchev–Trinajstić information content (AvgIpc) is 2.80. The van der Waals surface area contributed by atoms with Gasteiger partial charge in [0.25, 0.3) is 0 Å². The maximum Gasteiger partial charge on any atom is 0.215 e. The Hall–Kier alpha value is -1.08. The Kier molecular flexibility index (Phi) is 3.96. The Morgan fingerprint density at radius 2 is 2.00 bits per heavy atom. The maximum atomic E-state index is 6.33. The van der Waals surface area contributed by atoms with Crippen molar-refractivity contribution in [1.29, 1.82) is 0 Å². The van der Waals surface area contributed by atoms with Crippen molar-refractivity contribution in [2.24, 2.45) is 0 Å². The van der Waals surface area contributed by atoms with Gasteiger partial charge in [-0.05, 0) is 46.3 Å². The number of methoxy groups -OCH3 is 1. The summed E-state index contributed by atoms with van der Waals surface area (Å²) in [6.45, 7) is 0. The first kappa shape index (κ1) is 14.8. The Morgan fingerprint density at radius 1 is 1.24 bits per heavy atom. The monoisotopic (exact) mass is 403 g/mol. The molecule has 8 heteroatoms. The van der Waals surface area contributed by atoms with Crippen LogP contribution < -0.4 is 4.74 Å². The van der Waals surface area contributed by atoms with Gasteiger partial charge < -0.3 is 9.72 Å². The number of benzene rings is 1. The van der Waals surface area contributed by atoms with E-state index in [1.54, 1.807) is 17.7 Å². The molecule has 0 atom stereocenters. The molecule has 0 spiro atoms. The van der Waals surface area contributed by atoms with Crippen molar-refractivity contribution in [1.82, 2.24) is 14.5 Å². The van der Waals surface area contributed by atoms with E-state index < -0.39 is 0 Å². The zero-order valence-corrected chi connectivity index (χ0v) is 14.6. The second kappa shape index (κ2) is 5.61. The molecule has 0 fully saturated rings. The average molecular weight is 405 g/mol. The normalized spacial score (nSPS) is 11.0. The van der Waals surface area contributed by atoms with E-state index in [2.05, 4.69) is 25.9 Å². The molecule has 0 amide bonds. The Labute approximate surface area is 143 Å². The summed E-state index contributed by atoms with van der Waals surface area (Å²) >= 11 is 21.2. The van der Waals surface area contributed by atoms with E-state index in [9.17, 15) is 0 Å². The van der Waals surface area contributed by atoms with Crippen LogP contribution in [0.5, 0.6) is 5.88 Å². The van der Waals surface area contributed by atoms with Gasteiger partial charge in [0.2, 0.25) is 5.88 Å². The lowest BCUT2D eigenvalue weighted by atomic mass is 10.3. The fourth-order valence-corrected chi connectivity index (χ4v) is 3.14. The molecule has 21 heavy (non-hydrogen) atoms. The third-order valence-electron chi connectivity index (χ3n) is 2.97. The molecular weight excluding hydrogens is 397 g/mol. The minimum atomic E-state index is 0.396. The smallest absolute Gasteiger partial charge is 0.215 e. The van der Waals surface area contributed by atoms with Crippen LogP contribution in [0.2, 0.25) is 10.0 Å². The Bertz CT molecular complexity index is 906. The quantitative estimate of drug-likeness (QED) is 0.473. The first-order valence-corrected chi connectivity index (χ1v) is 7.78. The van der Waals surface area contributed by atoms with Gasteiger partial charge in [-0.1, -0.05) is 23.2 Å². The maximum absolute atomic E-state index is 6.33. The van der Waals surface area contributed by atoms with Crippen molar-refractivity contribution in [3.05, 3.63) is 43.6 Å². The standard InChI is InChI=1S/C13H8BrCl2N3OS/c1-20-9-5-3-7-12(18-9)19(13(21)17-7)8-4-2-6(14)10(15)11(8)16/h2-5H,1H3,(H,17,21). The fraction of sp³-hybridized carbons (Fsp3) is 0.0769. The number of imidazole rings is 1. The molecule has 0 saturated carbocycles. The number of hydrogen-bond acceptors (Lipinski definition) is 3. The van der Waals surface area contributed by atoms with Crippen LogP contribution in [0.4, 0.5) is 0 Å². The van der Waals surface area contributed by atoms with Crippen LogP contribution in [0.3, 0.4) is 0 Å². The summed E-state index contributed by atoms with van der Waals surface area (Å²) in [5.41, 5.74) is 2.07. The molecule has 0 unspecified atom stereocenters. The lowest BCUT2D eigenvalue weighted by molar-refractivity contribution is 0.399. The van der Waals surface area contributed by atoms with Crippen LogP contribution in [0.1, 0.15) is 0 Å². The lowest BCUT2D eigenvalue weighted by Gasteiger charge is -2.09. The Morgan fingerprint density at radius 3 is 2.71 bits per heavy atom. The van der Waals surface area contributed by atoms with Gasteiger partial charge in [-0.15, -0.1) is 0 Å². The molecule has 0 aliphatic rings. The molecule has 2 aromatic heterocycles. The third kappa shape index (κ3) is 2.46. The van der Waals surface area contributed by atoms with Gasteiger partial charge in [0, 0.05) is 10.5 Å². The highest BCUT2D eigenvalue weighted by molar-refractivity contribution is 9.10. The highest BCUT2D eigenvalue weighted by atomic mass is 79.9. The van der Waals surface area contributed by atoms with Crippen molar-refractivity contribution < 1.29 is 4.74 Å². The molecule has 0 saturated heterocycles. The zero-order valence-electron chi connectivity index (χ0n) is 10.7. The number of aromatic nitrogens is 3. The Balaban J connectivity index is 2.37. The topological polar surface area (TPSA) is 42.8 Å². The number of halogens is 3. The molecule has 0 radical (unpaired) electrons. The number of nitrogens with zero attached hydrogens (tertiary/aromatic N) is 2. The van der Waals surface area contributed by atoms with Crippen LogP contribution in [0.25, 0.3) is 16.9 Å². The summed E-state index contributed by atoms with van der Waals surface area (Å²) in [6.07, 6.45) is 0. The first-order valence-electron chi connectivity index (χ1n) is 5.82. The summed E-state index contributed by atoms with van der Waals surface area (Å²) < 4.78 is 8.08. The number of H-pyrrole nitrogens is 1. The predicted octanol–water partition coefficient (Wildman–Crippen LogP) is 5.16. The molecule has 4 nitrogen and oxygen atoms in total. The molecule has 2 heterocycles. The van der Waals surface area contributed by atoms with E-state index in [-0.39, 0.29) is 0 Å². The van der Waals surface area contributed by atoms with Crippen LogP contribution in [0, 0.1) is 4.77 Å². The third-order valence-corrected chi connectivity index (χ3v) is 5.02. The number of aromatic amines is 1. The molecule has 3 aromatic rings. The van der Waals surface area contributed by atoms with E-state index in [4.69, 9.17) is 40.2 Å². The van der Waals surface area contributed by atoms with Gasteiger partial charge >= 0.3 is 0 Å². The van der Waals surface area contributed by atoms with Crippen LogP contribution in [0.15, 0.2) is 28.7 Å². The predicted molar refractivity (Wildman–Crippen MR) is 90.5 cm³/mol. The van der Waals surface area contributed by atoms with E-state index in [1.165, 1.54) is 0 Å². The summed E-state index contributed by atoms with van der Waals surface area (Å²) in [4.78, 5) is 7.50. The van der Waals surface area contributed by atoms with Crippen molar-refractivity contribution in [2.45, 2.75) is 0 Å². The molecule has 3 rings (SSSR count). The molecule has 108 valence electrons. The number of pyridine rings is 1. The van der Waals surface area contributed by atoms with Crippen molar-refractivity contribution >= 4 is 62.5 Å². The SMILES string of the molecule is COc1ccc2[nH]c(=S)n(-c3ccc(Br)c(Cl)c3Cl)c2n1. The van der Waals surface area contributed by atoms with Crippen LogP contribution >= 0.6 is 51.3 Å². The van der Waals surface area contributed by atoms with E-state index in [0.717, 1.165) is 9.99 Å². The van der Waals surface area contributed by atoms with E-state index in [1.807, 2.05) is 18.2 Å². The van der Waals surface area contributed by atoms with Crippen molar-refractivity contribution in [2.75, 3.05) is 7.11 Å². The zero-order chi connectivity index (χ0) is 15.1. The summed E-state index contributed by atoms with van der Waals surface area (Å²) in [6, 6.07) is 7.24. The molecule has 0 bridgehead atoms. The van der Waals surface area contributed by atoms with E-state index >= 15 is 0 Å². The van der Waals surface area contributed by atoms with Gasteiger partial charge in [0.1, 0.15) is 0 Å². The number of nitrogens with one attached hydrogen (secondary N) is 1. The minimum Gasteiger partial charge on any atom is -0.481 e. The lowest BCUT2D eigenvalue weighted by Crippen LogP contribution is -1.98. The number of fused-ring (bicyclic) bond motifs is 1. The molecule has 0 aliphatic heterocycles. The summed E-state index contributed by atoms with van der Waals surface area (Å²) in [7, 11) is 1.56. The number of rotatable bonds is 2. The van der Waals surface area contributed by atoms with Gasteiger partial charge in [-0.2, -0.15) is 4.98 Å². The molecule has 1 N–H and O–H groups in total. The number of ether oxygens (including phenoxy) is 1. The fourth-order valence-electron chi connectivity index (χ4n) is 1.99.